The maximum atomic E-state index is 11.7. The molecule has 0 unspecified atom stereocenters. The number of halogens is 3. The first kappa shape index (κ1) is 10.8. The summed E-state index contributed by atoms with van der Waals surface area (Å²) in [5, 5.41) is 0. The first-order chi connectivity index (χ1) is 4.99. The highest BCUT2D eigenvalue weighted by Gasteiger charge is 2.26. The van der Waals surface area contributed by atoms with Gasteiger partial charge in [-0.05, 0) is 13.1 Å². The zero-order valence-electron chi connectivity index (χ0n) is 6.91. The maximum absolute atomic E-state index is 11.7. The minimum atomic E-state index is -4.01. The molecule has 0 amide bonds. The SMILES string of the molecule is CCN(CC)CCC(F)(F)F. The Bertz CT molecular complexity index is 96.3. The van der Waals surface area contributed by atoms with E-state index in [9.17, 15) is 13.2 Å². The summed E-state index contributed by atoms with van der Waals surface area (Å²) in [6.07, 6.45) is -4.71. The molecule has 0 rings (SSSR count). The van der Waals surface area contributed by atoms with Gasteiger partial charge in [-0.2, -0.15) is 13.2 Å². The average Bonchev–Trinajstić information content (AvgIpc) is 1.88. The average molecular weight is 169 g/mol. The minimum absolute atomic E-state index is 0.122. The smallest absolute Gasteiger partial charge is 0.304 e. The van der Waals surface area contributed by atoms with Gasteiger partial charge in [-0.25, -0.2) is 0 Å². The van der Waals surface area contributed by atoms with Crippen LogP contribution in [0.5, 0.6) is 0 Å². The molecule has 0 bridgehead atoms. The van der Waals surface area contributed by atoms with Crippen molar-refractivity contribution in [2.45, 2.75) is 26.4 Å². The first-order valence-corrected chi connectivity index (χ1v) is 3.78. The molecule has 0 aromatic heterocycles. The molecule has 4 heteroatoms. The van der Waals surface area contributed by atoms with E-state index in [1.807, 2.05) is 13.8 Å². The van der Waals surface area contributed by atoms with Crippen molar-refractivity contribution in [2.75, 3.05) is 19.6 Å². The van der Waals surface area contributed by atoms with Gasteiger partial charge in [0.15, 0.2) is 0 Å². The highest BCUT2D eigenvalue weighted by Crippen LogP contribution is 2.19. The van der Waals surface area contributed by atoms with Gasteiger partial charge < -0.3 is 4.90 Å². The summed E-state index contributed by atoms with van der Waals surface area (Å²) >= 11 is 0. The predicted molar refractivity (Wildman–Crippen MR) is 38.5 cm³/mol. The highest BCUT2D eigenvalue weighted by atomic mass is 19.4. The summed E-state index contributed by atoms with van der Waals surface area (Å²) < 4.78 is 35.0. The second-order valence-electron chi connectivity index (χ2n) is 2.39. The predicted octanol–water partition coefficient (Wildman–Crippen LogP) is 2.28. The molecule has 1 nitrogen and oxygen atoms in total. The van der Waals surface area contributed by atoms with E-state index in [4.69, 9.17) is 0 Å². The summed E-state index contributed by atoms with van der Waals surface area (Å²) in [4.78, 5) is 1.76. The standard InChI is InChI=1S/C7H14F3N/c1-3-11(4-2)6-5-7(8,9)10/h3-6H2,1-2H3. The number of hydrogen-bond acceptors (Lipinski definition) is 1. The Morgan fingerprint density at radius 2 is 1.55 bits per heavy atom. The van der Waals surface area contributed by atoms with Crippen molar-refractivity contribution in [3.63, 3.8) is 0 Å². The molecule has 0 heterocycles. The Labute approximate surface area is 65.2 Å². The molecule has 0 aliphatic rings. The molecule has 0 saturated heterocycles. The molecule has 11 heavy (non-hydrogen) atoms. The number of nitrogens with zero attached hydrogens (tertiary/aromatic N) is 1. The monoisotopic (exact) mass is 169 g/mol. The second kappa shape index (κ2) is 4.59. The van der Waals surface area contributed by atoms with E-state index in [0.717, 1.165) is 0 Å². The van der Waals surface area contributed by atoms with Crippen molar-refractivity contribution < 1.29 is 13.2 Å². The van der Waals surface area contributed by atoms with E-state index >= 15 is 0 Å². The van der Waals surface area contributed by atoms with Gasteiger partial charge in [-0.1, -0.05) is 13.8 Å². The van der Waals surface area contributed by atoms with E-state index in [1.54, 1.807) is 4.90 Å². The molecular weight excluding hydrogens is 155 g/mol. The lowest BCUT2D eigenvalue weighted by Crippen LogP contribution is -2.27. The van der Waals surface area contributed by atoms with Gasteiger partial charge in [0.1, 0.15) is 0 Å². The first-order valence-electron chi connectivity index (χ1n) is 3.78. The topological polar surface area (TPSA) is 3.24 Å². The Hall–Kier alpha value is -0.250. The van der Waals surface area contributed by atoms with Gasteiger partial charge in [-0.15, -0.1) is 0 Å². The number of hydrogen-bond donors (Lipinski definition) is 0. The van der Waals surface area contributed by atoms with E-state index in [2.05, 4.69) is 0 Å². The molecule has 0 atom stereocenters. The quantitative estimate of drug-likeness (QED) is 0.624. The van der Waals surface area contributed by atoms with Crippen LogP contribution in [0.25, 0.3) is 0 Å². The van der Waals surface area contributed by atoms with Crippen molar-refractivity contribution in [3.05, 3.63) is 0 Å². The minimum Gasteiger partial charge on any atom is -0.304 e. The summed E-state index contributed by atoms with van der Waals surface area (Å²) in [6.45, 7) is 5.22. The van der Waals surface area contributed by atoms with Gasteiger partial charge in [0, 0.05) is 6.54 Å². The van der Waals surface area contributed by atoms with Gasteiger partial charge in [0.2, 0.25) is 0 Å². The molecule has 0 fully saturated rings. The molecule has 0 aromatic carbocycles. The van der Waals surface area contributed by atoms with Crippen molar-refractivity contribution in [1.29, 1.82) is 0 Å². The molecule has 0 aliphatic carbocycles. The molecule has 0 spiro atoms. The van der Waals surface area contributed by atoms with Crippen LogP contribution < -0.4 is 0 Å². The van der Waals surface area contributed by atoms with Crippen LogP contribution in [0.4, 0.5) is 13.2 Å². The van der Waals surface area contributed by atoms with Crippen LogP contribution in [0.15, 0.2) is 0 Å². The molecular formula is C7H14F3N. The summed E-state index contributed by atoms with van der Waals surface area (Å²) in [6, 6.07) is 0. The summed E-state index contributed by atoms with van der Waals surface area (Å²) in [7, 11) is 0. The third-order valence-electron chi connectivity index (χ3n) is 1.61. The van der Waals surface area contributed by atoms with Crippen molar-refractivity contribution in [2.24, 2.45) is 0 Å². The fraction of sp³-hybridized carbons (Fsp3) is 1.00. The fourth-order valence-corrected chi connectivity index (χ4v) is 0.825. The van der Waals surface area contributed by atoms with Crippen LogP contribution in [-0.2, 0) is 0 Å². The molecule has 0 radical (unpaired) electrons. The zero-order chi connectivity index (χ0) is 8.91. The van der Waals surface area contributed by atoms with Crippen LogP contribution in [0.1, 0.15) is 20.3 Å². The van der Waals surface area contributed by atoms with Gasteiger partial charge >= 0.3 is 6.18 Å². The van der Waals surface area contributed by atoms with Crippen LogP contribution >= 0.6 is 0 Å². The molecule has 0 N–H and O–H groups in total. The van der Waals surface area contributed by atoms with Gasteiger partial charge in [0.25, 0.3) is 0 Å². The highest BCUT2D eigenvalue weighted by molar-refractivity contribution is 4.57. The third-order valence-corrected chi connectivity index (χ3v) is 1.61. The van der Waals surface area contributed by atoms with Gasteiger partial charge in [-0.3, -0.25) is 0 Å². The van der Waals surface area contributed by atoms with Crippen LogP contribution in [-0.4, -0.2) is 30.7 Å². The molecule has 0 aliphatic heterocycles. The maximum Gasteiger partial charge on any atom is 0.390 e. The van der Waals surface area contributed by atoms with Crippen LogP contribution in [0, 0.1) is 0 Å². The molecule has 68 valence electrons. The normalized spacial score (nSPS) is 12.5. The summed E-state index contributed by atoms with van der Waals surface area (Å²) in [5.74, 6) is 0. The Morgan fingerprint density at radius 1 is 1.09 bits per heavy atom. The Kier molecular flexibility index (Phi) is 4.49. The van der Waals surface area contributed by atoms with Crippen LogP contribution in [0.3, 0.4) is 0 Å². The Balaban J connectivity index is 3.51. The van der Waals surface area contributed by atoms with Crippen LogP contribution in [0.2, 0.25) is 0 Å². The van der Waals surface area contributed by atoms with E-state index in [-0.39, 0.29) is 6.54 Å². The second-order valence-corrected chi connectivity index (χ2v) is 2.39. The van der Waals surface area contributed by atoms with Gasteiger partial charge in [0.05, 0.1) is 6.42 Å². The lowest BCUT2D eigenvalue weighted by atomic mass is 10.3. The lowest BCUT2D eigenvalue weighted by molar-refractivity contribution is -0.137. The van der Waals surface area contributed by atoms with E-state index in [1.165, 1.54) is 0 Å². The van der Waals surface area contributed by atoms with Crippen molar-refractivity contribution in [1.82, 2.24) is 4.90 Å². The van der Waals surface area contributed by atoms with Crippen molar-refractivity contribution in [3.8, 4) is 0 Å². The van der Waals surface area contributed by atoms with E-state index < -0.39 is 12.6 Å². The number of rotatable bonds is 4. The number of alkyl halides is 3. The Morgan fingerprint density at radius 3 is 1.82 bits per heavy atom. The summed E-state index contributed by atoms with van der Waals surface area (Å²) in [5.41, 5.74) is 0. The fourth-order valence-electron chi connectivity index (χ4n) is 0.825. The van der Waals surface area contributed by atoms with E-state index in [0.29, 0.717) is 13.1 Å². The largest absolute Gasteiger partial charge is 0.390 e. The molecule has 0 saturated carbocycles. The zero-order valence-corrected chi connectivity index (χ0v) is 6.91. The van der Waals surface area contributed by atoms with Crippen molar-refractivity contribution >= 4 is 0 Å². The lowest BCUT2D eigenvalue weighted by Gasteiger charge is -2.18. The molecule has 0 aromatic rings. The third kappa shape index (κ3) is 6.16.